The van der Waals surface area contributed by atoms with Gasteiger partial charge in [-0.2, -0.15) is 5.06 Å². The van der Waals surface area contributed by atoms with E-state index >= 15 is 0 Å². The summed E-state index contributed by atoms with van der Waals surface area (Å²) < 4.78 is 5.28. The van der Waals surface area contributed by atoms with Gasteiger partial charge in [0.1, 0.15) is 6.10 Å². The van der Waals surface area contributed by atoms with Crippen LogP contribution in [0.15, 0.2) is 0 Å². The first-order valence-electron chi connectivity index (χ1n) is 6.05. The van der Waals surface area contributed by atoms with E-state index in [4.69, 9.17) is 9.57 Å². The van der Waals surface area contributed by atoms with Crippen LogP contribution in [-0.2, 0) is 14.4 Å². The van der Waals surface area contributed by atoms with Gasteiger partial charge in [0.25, 0.3) is 0 Å². The van der Waals surface area contributed by atoms with E-state index in [2.05, 4.69) is 0 Å². The molecule has 0 amide bonds. The minimum absolute atomic E-state index is 0.0123. The third kappa shape index (κ3) is 6.80. The van der Waals surface area contributed by atoms with Gasteiger partial charge in [-0.05, 0) is 13.3 Å². The van der Waals surface area contributed by atoms with Crippen LogP contribution in [-0.4, -0.2) is 37.3 Å². The largest absolute Gasteiger partial charge is 0.462 e. The Balaban J connectivity index is 3.66. The van der Waals surface area contributed by atoms with Crippen molar-refractivity contribution in [3.05, 3.63) is 0 Å². The maximum atomic E-state index is 11.5. The number of ether oxygens (including phenoxy) is 1. The topological polar surface area (TPSA) is 38.8 Å². The average molecular weight is 231 g/mol. The molecule has 2 unspecified atom stereocenters. The van der Waals surface area contributed by atoms with Crippen molar-refractivity contribution in [2.75, 3.05) is 20.2 Å². The standard InChI is InChI=1S/C12H25NO3/c1-6-10(3)12(14)16-11(4)8-9-15-13(5)7-2/h10-11H,6-9H2,1-5H3. The van der Waals surface area contributed by atoms with Gasteiger partial charge in [0.15, 0.2) is 0 Å². The summed E-state index contributed by atoms with van der Waals surface area (Å²) in [5, 5.41) is 1.77. The zero-order chi connectivity index (χ0) is 12.6. The summed E-state index contributed by atoms with van der Waals surface area (Å²) in [6.45, 7) is 9.22. The van der Waals surface area contributed by atoms with Crippen molar-refractivity contribution < 1.29 is 14.4 Å². The molecule has 0 aliphatic rings. The van der Waals surface area contributed by atoms with Crippen molar-refractivity contribution >= 4 is 5.97 Å². The Morgan fingerprint density at radius 1 is 1.31 bits per heavy atom. The van der Waals surface area contributed by atoms with E-state index in [9.17, 15) is 4.79 Å². The lowest BCUT2D eigenvalue weighted by Gasteiger charge is -2.18. The Kier molecular flexibility index (Phi) is 8.21. The van der Waals surface area contributed by atoms with Gasteiger partial charge in [0.2, 0.25) is 0 Å². The number of hydroxylamine groups is 2. The molecule has 0 saturated carbocycles. The molecule has 0 bridgehead atoms. The molecule has 0 aromatic carbocycles. The molecule has 0 rings (SSSR count). The van der Waals surface area contributed by atoms with Crippen LogP contribution in [0, 0.1) is 5.92 Å². The van der Waals surface area contributed by atoms with E-state index in [1.807, 2.05) is 34.7 Å². The summed E-state index contributed by atoms with van der Waals surface area (Å²) in [5.41, 5.74) is 0. The zero-order valence-corrected chi connectivity index (χ0v) is 11.2. The summed E-state index contributed by atoms with van der Waals surface area (Å²) in [6, 6.07) is 0. The molecular weight excluding hydrogens is 206 g/mol. The Bertz CT molecular complexity index is 197. The minimum Gasteiger partial charge on any atom is -0.462 e. The first kappa shape index (κ1) is 15.4. The van der Waals surface area contributed by atoms with Crippen molar-refractivity contribution in [1.82, 2.24) is 5.06 Å². The van der Waals surface area contributed by atoms with Gasteiger partial charge >= 0.3 is 5.97 Å². The molecule has 0 aliphatic carbocycles. The lowest BCUT2D eigenvalue weighted by Crippen LogP contribution is -2.24. The van der Waals surface area contributed by atoms with Gasteiger partial charge in [0.05, 0.1) is 12.5 Å². The average Bonchev–Trinajstić information content (AvgIpc) is 2.27. The predicted molar refractivity (Wildman–Crippen MR) is 63.9 cm³/mol. The Labute approximate surface area is 98.9 Å². The van der Waals surface area contributed by atoms with Crippen molar-refractivity contribution in [3.63, 3.8) is 0 Å². The highest BCUT2D eigenvalue weighted by molar-refractivity contribution is 5.72. The second kappa shape index (κ2) is 8.53. The van der Waals surface area contributed by atoms with E-state index < -0.39 is 0 Å². The van der Waals surface area contributed by atoms with Crippen molar-refractivity contribution in [2.24, 2.45) is 5.92 Å². The molecule has 2 atom stereocenters. The summed E-state index contributed by atoms with van der Waals surface area (Å²) in [6.07, 6.45) is 1.47. The first-order chi connectivity index (χ1) is 7.51. The van der Waals surface area contributed by atoms with E-state index in [-0.39, 0.29) is 18.0 Å². The lowest BCUT2D eigenvalue weighted by molar-refractivity contribution is -0.160. The molecule has 4 nitrogen and oxygen atoms in total. The predicted octanol–water partition coefficient (Wildman–Crippen LogP) is 2.24. The van der Waals surface area contributed by atoms with E-state index in [0.29, 0.717) is 6.61 Å². The van der Waals surface area contributed by atoms with E-state index in [0.717, 1.165) is 19.4 Å². The second-order valence-electron chi connectivity index (χ2n) is 4.12. The molecule has 0 saturated heterocycles. The molecule has 0 aromatic heterocycles. The lowest BCUT2D eigenvalue weighted by atomic mass is 10.1. The minimum atomic E-state index is -0.112. The van der Waals surface area contributed by atoms with Gasteiger partial charge in [0, 0.05) is 20.0 Å². The van der Waals surface area contributed by atoms with Crippen molar-refractivity contribution in [3.8, 4) is 0 Å². The molecule has 0 heterocycles. The molecular formula is C12H25NO3. The maximum absolute atomic E-state index is 11.5. The molecule has 0 radical (unpaired) electrons. The molecule has 4 heteroatoms. The Hall–Kier alpha value is -0.610. The van der Waals surface area contributed by atoms with Crippen LogP contribution in [0.5, 0.6) is 0 Å². The van der Waals surface area contributed by atoms with E-state index in [1.165, 1.54) is 0 Å². The fourth-order valence-electron chi connectivity index (χ4n) is 1.01. The quantitative estimate of drug-likeness (QED) is 0.474. The molecule has 0 N–H and O–H groups in total. The summed E-state index contributed by atoms with van der Waals surface area (Å²) in [7, 11) is 1.88. The highest BCUT2D eigenvalue weighted by atomic mass is 16.7. The molecule has 96 valence electrons. The van der Waals surface area contributed by atoms with Crippen LogP contribution >= 0.6 is 0 Å². The number of nitrogens with zero attached hydrogens (tertiary/aromatic N) is 1. The number of hydrogen-bond donors (Lipinski definition) is 0. The third-order valence-electron chi connectivity index (χ3n) is 2.61. The fourth-order valence-corrected chi connectivity index (χ4v) is 1.01. The normalized spacial score (nSPS) is 14.9. The highest BCUT2D eigenvalue weighted by Crippen LogP contribution is 2.07. The Morgan fingerprint density at radius 2 is 1.94 bits per heavy atom. The smallest absolute Gasteiger partial charge is 0.308 e. The van der Waals surface area contributed by atoms with Crippen molar-refractivity contribution in [2.45, 2.75) is 46.6 Å². The maximum Gasteiger partial charge on any atom is 0.308 e. The number of carbonyl (C=O) groups is 1. The SMILES string of the molecule is CCC(C)C(=O)OC(C)CCON(C)CC. The number of esters is 1. The molecule has 16 heavy (non-hydrogen) atoms. The fraction of sp³-hybridized carbons (Fsp3) is 0.917. The first-order valence-corrected chi connectivity index (χ1v) is 6.05. The molecule has 0 aromatic rings. The summed E-state index contributed by atoms with van der Waals surface area (Å²) in [4.78, 5) is 16.8. The van der Waals surface area contributed by atoms with Crippen LogP contribution in [0.4, 0.5) is 0 Å². The number of rotatable bonds is 8. The van der Waals surface area contributed by atoms with Gasteiger partial charge in [-0.15, -0.1) is 0 Å². The summed E-state index contributed by atoms with van der Waals surface area (Å²) in [5.74, 6) is -0.125. The highest BCUT2D eigenvalue weighted by Gasteiger charge is 2.15. The van der Waals surface area contributed by atoms with Gasteiger partial charge < -0.3 is 4.74 Å². The zero-order valence-electron chi connectivity index (χ0n) is 11.2. The van der Waals surface area contributed by atoms with Crippen LogP contribution < -0.4 is 0 Å². The third-order valence-corrected chi connectivity index (χ3v) is 2.61. The van der Waals surface area contributed by atoms with Crippen molar-refractivity contribution in [1.29, 1.82) is 0 Å². The second-order valence-corrected chi connectivity index (χ2v) is 4.12. The number of carbonyl (C=O) groups excluding carboxylic acids is 1. The molecule has 0 fully saturated rings. The van der Waals surface area contributed by atoms with Crippen LogP contribution in [0.3, 0.4) is 0 Å². The van der Waals surface area contributed by atoms with Crippen LogP contribution in [0.1, 0.15) is 40.5 Å². The van der Waals surface area contributed by atoms with Gasteiger partial charge in [-0.3, -0.25) is 9.63 Å². The van der Waals surface area contributed by atoms with Gasteiger partial charge in [-0.1, -0.05) is 20.8 Å². The summed E-state index contributed by atoms with van der Waals surface area (Å²) >= 11 is 0. The molecule has 0 spiro atoms. The monoisotopic (exact) mass is 231 g/mol. The van der Waals surface area contributed by atoms with Crippen LogP contribution in [0.2, 0.25) is 0 Å². The Morgan fingerprint density at radius 3 is 2.44 bits per heavy atom. The molecule has 0 aliphatic heterocycles. The van der Waals surface area contributed by atoms with E-state index in [1.54, 1.807) is 5.06 Å². The van der Waals surface area contributed by atoms with Crippen LogP contribution in [0.25, 0.3) is 0 Å². The van der Waals surface area contributed by atoms with Gasteiger partial charge in [-0.25, -0.2) is 0 Å². The number of hydrogen-bond acceptors (Lipinski definition) is 4.